The van der Waals surface area contributed by atoms with E-state index in [-0.39, 0.29) is 0 Å². The van der Waals surface area contributed by atoms with Gasteiger partial charge in [0.1, 0.15) is 0 Å². The molecule has 0 bridgehead atoms. The van der Waals surface area contributed by atoms with Crippen LogP contribution in [-0.2, 0) is 10.0 Å². The first-order valence-corrected chi connectivity index (χ1v) is 6.48. The van der Waals surface area contributed by atoms with Gasteiger partial charge in [-0.1, -0.05) is 20.8 Å². The van der Waals surface area contributed by atoms with Crippen LogP contribution in [0.15, 0.2) is 0 Å². The summed E-state index contributed by atoms with van der Waals surface area (Å²) in [5, 5.41) is 0. The molecule has 0 atom stereocenters. The second-order valence-electron chi connectivity index (χ2n) is 5.21. The van der Waals surface area contributed by atoms with E-state index in [2.05, 4.69) is 20.8 Å². The van der Waals surface area contributed by atoms with Gasteiger partial charge in [0.2, 0.25) is 10.0 Å². The minimum absolute atomic E-state index is 0.314. The van der Waals surface area contributed by atoms with E-state index in [9.17, 15) is 8.42 Å². The lowest BCUT2D eigenvalue weighted by molar-refractivity contribution is 0.145. The second-order valence-corrected chi connectivity index (χ2v) is 7.19. The van der Waals surface area contributed by atoms with E-state index < -0.39 is 10.0 Å². The predicted octanol–water partition coefficient (Wildman–Crippen LogP) is 1.31. The highest BCUT2D eigenvalue weighted by Gasteiger charge is 2.34. The van der Waals surface area contributed by atoms with Crippen molar-refractivity contribution in [1.29, 1.82) is 0 Å². The summed E-state index contributed by atoms with van der Waals surface area (Å²) in [7, 11) is -2.92. The summed E-state index contributed by atoms with van der Waals surface area (Å²) in [6.07, 6.45) is 2.39. The van der Waals surface area contributed by atoms with Gasteiger partial charge in [0, 0.05) is 13.1 Å². The molecule has 0 radical (unpaired) electrons. The van der Waals surface area contributed by atoms with Crippen molar-refractivity contribution in [3.63, 3.8) is 0 Å². The normalized spacial score (nSPS) is 21.5. The Hall–Kier alpha value is -0.0900. The Kier molecular flexibility index (Phi) is 2.74. The van der Waals surface area contributed by atoms with Gasteiger partial charge in [0.25, 0.3) is 0 Å². The van der Waals surface area contributed by atoms with Crippen molar-refractivity contribution in [2.24, 2.45) is 11.3 Å². The Morgan fingerprint density at radius 3 is 2.08 bits per heavy atom. The van der Waals surface area contributed by atoms with Crippen molar-refractivity contribution >= 4 is 10.0 Å². The molecule has 0 N–H and O–H groups in total. The molecule has 3 nitrogen and oxygen atoms in total. The predicted molar refractivity (Wildman–Crippen MR) is 54.0 cm³/mol. The summed E-state index contributed by atoms with van der Waals surface area (Å²) in [5.74, 6) is 0.565. The third-order valence-electron chi connectivity index (χ3n) is 2.29. The monoisotopic (exact) mass is 205 g/mol. The van der Waals surface area contributed by atoms with Crippen LogP contribution >= 0.6 is 0 Å². The first-order chi connectivity index (χ1) is 5.68. The largest absolute Gasteiger partial charge is 0.213 e. The van der Waals surface area contributed by atoms with Crippen molar-refractivity contribution in [2.45, 2.75) is 27.2 Å². The van der Waals surface area contributed by atoms with E-state index in [0.29, 0.717) is 11.3 Å². The van der Waals surface area contributed by atoms with Gasteiger partial charge in [0.05, 0.1) is 6.26 Å². The highest BCUT2D eigenvalue weighted by Crippen LogP contribution is 2.31. The molecule has 1 rings (SSSR count). The van der Waals surface area contributed by atoms with Gasteiger partial charge in [-0.2, -0.15) is 0 Å². The number of rotatable bonds is 2. The zero-order valence-corrected chi connectivity index (χ0v) is 9.69. The number of sulfonamides is 1. The molecule has 0 spiro atoms. The molecule has 13 heavy (non-hydrogen) atoms. The van der Waals surface area contributed by atoms with Gasteiger partial charge in [-0.15, -0.1) is 0 Å². The molecule has 1 saturated heterocycles. The zero-order chi connectivity index (χ0) is 10.3. The summed E-state index contributed by atoms with van der Waals surface area (Å²) in [4.78, 5) is 0. The first kappa shape index (κ1) is 11.0. The fourth-order valence-corrected chi connectivity index (χ4v) is 2.75. The van der Waals surface area contributed by atoms with E-state index >= 15 is 0 Å². The van der Waals surface area contributed by atoms with Gasteiger partial charge in [-0.3, -0.25) is 0 Å². The third kappa shape index (κ3) is 3.27. The minimum atomic E-state index is -2.92. The van der Waals surface area contributed by atoms with E-state index in [1.807, 2.05) is 0 Å². The van der Waals surface area contributed by atoms with Gasteiger partial charge < -0.3 is 0 Å². The molecule has 1 aliphatic heterocycles. The van der Waals surface area contributed by atoms with Crippen molar-refractivity contribution in [3.05, 3.63) is 0 Å². The Balaban J connectivity index is 2.35. The number of hydrogen-bond donors (Lipinski definition) is 0. The Morgan fingerprint density at radius 2 is 1.77 bits per heavy atom. The molecule has 0 aromatic carbocycles. The minimum Gasteiger partial charge on any atom is -0.213 e. The van der Waals surface area contributed by atoms with Crippen molar-refractivity contribution in [3.8, 4) is 0 Å². The third-order valence-corrected chi connectivity index (χ3v) is 3.53. The first-order valence-electron chi connectivity index (χ1n) is 4.63. The average Bonchev–Trinajstić information content (AvgIpc) is 1.71. The highest BCUT2D eigenvalue weighted by atomic mass is 32.2. The van der Waals surface area contributed by atoms with Crippen LogP contribution in [0.3, 0.4) is 0 Å². The molecule has 0 aliphatic carbocycles. The van der Waals surface area contributed by atoms with Crippen LogP contribution in [0.25, 0.3) is 0 Å². The molecular formula is C9H19NO2S. The summed E-state index contributed by atoms with van der Waals surface area (Å²) >= 11 is 0. The summed E-state index contributed by atoms with van der Waals surface area (Å²) in [6, 6.07) is 0. The molecule has 4 heteroatoms. The van der Waals surface area contributed by atoms with Gasteiger partial charge in [0.15, 0.2) is 0 Å². The lowest BCUT2D eigenvalue weighted by Crippen LogP contribution is -2.50. The van der Waals surface area contributed by atoms with Crippen molar-refractivity contribution in [1.82, 2.24) is 4.31 Å². The average molecular weight is 205 g/mol. The summed E-state index contributed by atoms with van der Waals surface area (Å²) < 4.78 is 23.6. The Bertz CT molecular complexity index is 270. The van der Waals surface area contributed by atoms with Crippen LogP contribution in [0.5, 0.6) is 0 Å². The van der Waals surface area contributed by atoms with E-state index in [0.717, 1.165) is 19.5 Å². The van der Waals surface area contributed by atoms with E-state index in [1.165, 1.54) is 6.26 Å². The van der Waals surface area contributed by atoms with Crippen LogP contribution in [0, 0.1) is 11.3 Å². The smallest absolute Gasteiger partial charge is 0.211 e. The quantitative estimate of drug-likeness (QED) is 0.681. The SMILES string of the molecule is CC(C)(C)CC1CN(S(C)(=O)=O)C1. The Labute approximate surface area is 81.2 Å². The molecule has 1 aliphatic rings. The molecule has 0 aromatic heterocycles. The van der Waals surface area contributed by atoms with Crippen molar-refractivity contribution in [2.75, 3.05) is 19.3 Å². The summed E-state index contributed by atoms with van der Waals surface area (Å²) in [6.45, 7) is 8.01. The molecule has 78 valence electrons. The molecular weight excluding hydrogens is 186 g/mol. The molecule has 1 heterocycles. The van der Waals surface area contributed by atoms with Gasteiger partial charge in [-0.05, 0) is 17.8 Å². The maximum Gasteiger partial charge on any atom is 0.211 e. The van der Waals surface area contributed by atoms with Crippen LogP contribution in [0.2, 0.25) is 0 Å². The molecule has 0 saturated carbocycles. The number of nitrogens with zero attached hydrogens (tertiary/aromatic N) is 1. The second kappa shape index (κ2) is 3.24. The van der Waals surface area contributed by atoms with Crippen LogP contribution < -0.4 is 0 Å². The molecule has 0 unspecified atom stereocenters. The van der Waals surface area contributed by atoms with Gasteiger partial charge in [-0.25, -0.2) is 12.7 Å². The lowest BCUT2D eigenvalue weighted by Gasteiger charge is -2.40. The number of hydrogen-bond acceptors (Lipinski definition) is 2. The topological polar surface area (TPSA) is 37.4 Å². The van der Waals surface area contributed by atoms with Crippen molar-refractivity contribution < 1.29 is 8.42 Å². The molecule has 0 amide bonds. The summed E-state index contributed by atoms with van der Waals surface area (Å²) in [5.41, 5.74) is 0.314. The fourth-order valence-electron chi connectivity index (χ4n) is 1.79. The fraction of sp³-hybridized carbons (Fsp3) is 1.00. The maximum absolute atomic E-state index is 11.1. The Morgan fingerprint density at radius 1 is 1.31 bits per heavy atom. The lowest BCUT2D eigenvalue weighted by atomic mass is 9.82. The zero-order valence-electron chi connectivity index (χ0n) is 8.87. The van der Waals surface area contributed by atoms with E-state index in [1.54, 1.807) is 4.31 Å². The van der Waals surface area contributed by atoms with Gasteiger partial charge >= 0.3 is 0 Å². The maximum atomic E-state index is 11.1. The van der Waals surface area contributed by atoms with Crippen LogP contribution in [0.1, 0.15) is 27.2 Å². The molecule has 1 fully saturated rings. The van der Waals surface area contributed by atoms with Crippen LogP contribution in [0.4, 0.5) is 0 Å². The highest BCUT2D eigenvalue weighted by molar-refractivity contribution is 7.88. The standard InChI is InChI=1S/C9H19NO2S/c1-9(2,3)5-8-6-10(7-8)13(4,11)12/h8H,5-7H2,1-4H3. The molecule has 0 aromatic rings. The van der Waals surface area contributed by atoms with Crippen LogP contribution in [-0.4, -0.2) is 32.1 Å². The van der Waals surface area contributed by atoms with E-state index in [4.69, 9.17) is 0 Å².